The van der Waals surface area contributed by atoms with Crippen molar-refractivity contribution in [2.75, 3.05) is 38.1 Å². The summed E-state index contributed by atoms with van der Waals surface area (Å²) in [5.74, 6) is 0.629. The first kappa shape index (κ1) is 22.7. The van der Waals surface area contributed by atoms with Crippen molar-refractivity contribution in [1.29, 1.82) is 0 Å². The third kappa shape index (κ3) is 5.67. The van der Waals surface area contributed by atoms with Gasteiger partial charge in [0.25, 0.3) is 0 Å². The lowest BCUT2D eigenvalue weighted by atomic mass is 9.86. The van der Waals surface area contributed by atoms with Crippen LogP contribution in [0.15, 0.2) is 42.5 Å². The van der Waals surface area contributed by atoms with Gasteiger partial charge >= 0.3 is 0 Å². The Hall–Kier alpha value is -2.44. The second-order valence-electron chi connectivity index (χ2n) is 9.08. The molecule has 6 heteroatoms. The summed E-state index contributed by atoms with van der Waals surface area (Å²) >= 11 is 0. The van der Waals surface area contributed by atoms with Gasteiger partial charge in [-0.15, -0.1) is 0 Å². The van der Waals surface area contributed by atoms with Gasteiger partial charge < -0.3 is 15.0 Å². The number of anilines is 1. The monoisotopic (exact) mass is 439 g/mol. The number of nitrogens with one attached hydrogen (secondary N) is 1. The van der Waals surface area contributed by atoms with E-state index in [0.717, 1.165) is 64.1 Å². The zero-order valence-corrected chi connectivity index (χ0v) is 19.1. The second-order valence-corrected chi connectivity index (χ2v) is 9.08. The Balaban J connectivity index is 1.30. The van der Waals surface area contributed by atoms with Crippen LogP contribution in [0.2, 0.25) is 0 Å². The lowest BCUT2D eigenvalue weighted by Gasteiger charge is -2.31. The molecule has 32 heavy (non-hydrogen) atoms. The molecule has 4 rings (SSSR count). The van der Waals surface area contributed by atoms with Gasteiger partial charge in [0.1, 0.15) is 11.6 Å². The van der Waals surface area contributed by atoms with Crippen molar-refractivity contribution >= 4 is 11.6 Å². The summed E-state index contributed by atoms with van der Waals surface area (Å²) in [4.78, 5) is 17.4. The molecule has 2 aliphatic rings. The van der Waals surface area contributed by atoms with E-state index in [4.69, 9.17) is 4.74 Å². The first-order valence-electron chi connectivity index (χ1n) is 11.7. The number of ether oxygens (including phenoxy) is 1. The van der Waals surface area contributed by atoms with Crippen LogP contribution in [0, 0.1) is 18.7 Å². The van der Waals surface area contributed by atoms with Crippen LogP contribution in [-0.4, -0.2) is 50.1 Å². The molecule has 1 amide bonds. The molecule has 1 N–H and O–H groups in total. The largest absolute Gasteiger partial charge is 0.490 e. The van der Waals surface area contributed by atoms with E-state index in [1.165, 1.54) is 23.3 Å². The fourth-order valence-electron chi connectivity index (χ4n) is 4.71. The zero-order valence-electron chi connectivity index (χ0n) is 19.1. The number of benzene rings is 2. The molecule has 0 bridgehead atoms. The SMILES string of the molecule is Cc1cc(N(C)C(=O)C2CCC(Oc3ccc(F)cc3)CC2)ccc1CN1CCNCC1. The van der Waals surface area contributed by atoms with Gasteiger partial charge in [0.15, 0.2) is 0 Å². The summed E-state index contributed by atoms with van der Waals surface area (Å²) in [5.41, 5.74) is 3.52. The summed E-state index contributed by atoms with van der Waals surface area (Å²) in [7, 11) is 1.88. The number of nitrogens with zero attached hydrogens (tertiary/aromatic N) is 2. The summed E-state index contributed by atoms with van der Waals surface area (Å²) < 4.78 is 19.0. The molecule has 0 spiro atoms. The van der Waals surface area contributed by atoms with E-state index in [1.807, 2.05) is 11.9 Å². The van der Waals surface area contributed by atoms with Crippen molar-refractivity contribution in [1.82, 2.24) is 10.2 Å². The Bertz CT molecular complexity index is 904. The molecule has 2 aromatic rings. The maximum atomic E-state index is 13.1. The highest BCUT2D eigenvalue weighted by Crippen LogP contribution is 2.30. The van der Waals surface area contributed by atoms with Gasteiger partial charge in [0.05, 0.1) is 6.10 Å². The average molecular weight is 440 g/mol. The average Bonchev–Trinajstić information content (AvgIpc) is 2.82. The van der Waals surface area contributed by atoms with E-state index < -0.39 is 0 Å². The van der Waals surface area contributed by atoms with Crippen molar-refractivity contribution in [3.63, 3.8) is 0 Å². The van der Waals surface area contributed by atoms with Crippen LogP contribution in [0.3, 0.4) is 0 Å². The number of aryl methyl sites for hydroxylation is 1. The number of hydrogen-bond acceptors (Lipinski definition) is 4. The van der Waals surface area contributed by atoms with Gasteiger partial charge in [-0.1, -0.05) is 6.07 Å². The standard InChI is InChI=1S/C26H34FN3O2/c1-19-17-23(8-3-21(19)18-30-15-13-28-14-16-30)29(2)26(31)20-4-9-24(10-5-20)32-25-11-6-22(27)7-12-25/h3,6-8,11-12,17,20,24,28H,4-5,9-10,13-16,18H2,1-2H3. The Morgan fingerprint density at radius 1 is 1.09 bits per heavy atom. The number of piperazine rings is 1. The molecule has 0 aromatic heterocycles. The van der Waals surface area contributed by atoms with E-state index in [1.54, 1.807) is 12.1 Å². The molecule has 0 unspecified atom stereocenters. The van der Waals surface area contributed by atoms with E-state index in [9.17, 15) is 9.18 Å². The van der Waals surface area contributed by atoms with Crippen molar-refractivity contribution in [2.24, 2.45) is 5.92 Å². The predicted octanol–water partition coefficient (Wildman–Crippen LogP) is 4.14. The van der Waals surface area contributed by atoms with Gasteiger partial charge in [0.2, 0.25) is 5.91 Å². The molecule has 2 fully saturated rings. The minimum Gasteiger partial charge on any atom is -0.490 e. The lowest BCUT2D eigenvalue weighted by Crippen LogP contribution is -2.43. The molecule has 1 aliphatic carbocycles. The van der Waals surface area contributed by atoms with Gasteiger partial charge in [0, 0.05) is 51.4 Å². The van der Waals surface area contributed by atoms with Gasteiger partial charge in [-0.05, 0) is 80.1 Å². The Labute approximate surface area is 190 Å². The predicted molar refractivity (Wildman–Crippen MR) is 126 cm³/mol. The number of amides is 1. The van der Waals surface area contributed by atoms with Crippen LogP contribution in [0.25, 0.3) is 0 Å². The Morgan fingerprint density at radius 2 is 1.78 bits per heavy atom. The van der Waals surface area contributed by atoms with Gasteiger partial charge in [-0.2, -0.15) is 0 Å². The molecule has 1 saturated carbocycles. The maximum absolute atomic E-state index is 13.1. The minimum atomic E-state index is -0.262. The van der Waals surface area contributed by atoms with Crippen LogP contribution >= 0.6 is 0 Å². The first-order chi connectivity index (χ1) is 15.5. The third-order valence-corrected chi connectivity index (χ3v) is 6.79. The summed E-state index contributed by atoms with van der Waals surface area (Å²) in [6.07, 6.45) is 3.39. The number of carbonyl (C=O) groups excluding carboxylic acids is 1. The van der Waals surface area contributed by atoms with Crippen molar-refractivity contribution in [2.45, 2.75) is 45.3 Å². The fourth-order valence-corrected chi connectivity index (χ4v) is 4.71. The van der Waals surface area contributed by atoms with Crippen molar-refractivity contribution in [3.8, 4) is 5.75 Å². The molecule has 1 aliphatic heterocycles. The van der Waals surface area contributed by atoms with Gasteiger partial charge in [-0.3, -0.25) is 9.69 Å². The number of halogens is 1. The smallest absolute Gasteiger partial charge is 0.229 e. The van der Waals surface area contributed by atoms with Crippen LogP contribution < -0.4 is 15.0 Å². The third-order valence-electron chi connectivity index (χ3n) is 6.79. The molecular formula is C26H34FN3O2. The topological polar surface area (TPSA) is 44.8 Å². The van der Waals surface area contributed by atoms with Crippen LogP contribution in [0.4, 0.5) is 10.1 Å². The fraction of sp³-hybridized carbons (Fsp3) is 0.500. The lowest BCUT2D eigenvalue weighted by molar-refractivity contribution is -0.123. The molecule has 1 saturated heterocycles. The number of hydrogen-bond donors (Lipinski definition) is 1. The summed E-state index contributed by atoms with van der Waals surface area (Å²) in [6.45, 7) is 7.35. The molecule has 0 radical (unpaired) electrons. The van der Waals surface area contributed by atoms with Crippen molar-refractivity contribution in [3.05, 3.63) is 59.4 Å². The molecule has 5 nitrogen and oxygen atoms in total. The van der Waals surface area contributed by atoms with Crippen LogP contribution in [-0.2, 0) is 11.3 Å². The molecule has 0 atom stereocenters. The van der Waals surface area contributed by atoms with E-state index in [2.05, 4.69) is 35.3 Å². The second kappa shape index (κ2) is 10.5. The number of rotatable bonds is 6. The Kier molecular flexibility index (Phi) is 7.43. The van der Waals surface area contributed by atoms with Crippen LogP contribution in [0.5, 0.6) is 5.75 Å². The summed E-state index contributed by atoms with van der Waals surface area (Å²) in [5, 5.41) is 3.39. The minimum absolute atomic E-state index is 0.0221. The molecular weight excluding hydrogens is 405 g/mol. The van der Waals surface area contributed by atoms with E-state index >= 15 is 0 Å². The highest BCUT2D eigenvalue weighted by atomic mass is 19.1. The Morgan fingerprint density at radius 3 is 2.44 bits per heavy atom. The van der Waals surface area contributed by atoms with Crippen LogP contribution in [0.1, 0.15) is 36.8 Å². The summed E-state index contributed by atoms with van der Waals surface area (Å²) in [6, 6.07) is 12.5. The normalized spacial score (nSPS) is 21.8. The highest BCUT2D eigenvalue weighted by Gasteiger charge is 2.29. The molecule has 2 aromatic carbocycles. The van der Waals surface area contributed by atoms with Gasteiger partial charge in [-0.25, -0.2) is 4.39 Å². The van der Waals surface area contributed by atoms with E-state index in [-0.39, 0.29) is 23.7 Å². The quantitative estimate of drug-likeness (QED) is 0.735. The van der Waals surface area contributed by atoms with Crippen molar-refractivity contribution < 1.29 is 13.9 Å². The van der Waals surface area contributed by atoms with E-state index in [0.29, 0.717) is 5.75 Å². The number of carbonyl (C=O) groups is 1. The molecule has 1 heterocycles. The molecule has 172 valence electrons. The highest BCUT2D eigenvalue weighted by molar-refractivity contribution is 5.94. The first-order valence-corrected chi connectivity index (χ1v) is 11.7. The maximum Gasteiger partial charge on any atom is 0.229 e. The zero-order chi connectivity index (χ0) is 22.5.